The van der Waals surface area contributed by atoms with Crippen molar-refractivity contribution >= 4 is 5.82 Å². The summed E-state index contributed by atoms with van der Waals surface area (Å²) in [4.78, 5) is 2.20. The van der Waals surface area contributed by atoms with Gasteiger partial charge in [-0.3, -0.25) is 0 Å². The summed E-state index contributed by atoms with van der Waals surface area (Å²) in [7, 11) is 0. The predicted octanol–water partition coefficient (Wildman–Crippen LogP) is 0.568. The number of aryl methyl sites for hydroxylation is 1. The quantitative estimate of drug-likeness (QED) is 0.706. The molecule has 1 aliphatic heterocycles. The molecule has 1 aliphatic rings. The average molecular weight is 192 g/mol. The van der Waals surface area contributed by atoms with Gasteiger partial charge in [-0.15, -0.1) is 5.10 Å². The molecule has 14 heavy (non-hydrogen) atoms. The molecule has 4 nitrogen and oxygen atoms in total. The third-order valence-corrected chi connectivity index (χ3v) is 2.77. The van der Waals surface area contributed by atoms with Crippen molar-refractivity contribution in [1.82, 2.24) is 10.2 Å². The first-order valence-corrected chi connectivity index (χ1v) is 4.96. The van der Waals surface area contributed by atoms with E-state index in [2.05, 4.69) is 28.1 Å². The first kappa shape index (κ1) is 9.40. The lowest BCUT2D eigenvalue weighted by molar-refractivity contribution is 0.566. The van der Waals surface area contributed by atoms with E-state index < -0.39 is 0 Å². The van der Waals surface area contributed by atoms with Crippen LogP contribution in [0.15, 0.2) is 12.3 Å². The topological polar surface area (TPSA) is 55.0 Å². The molecule has 1 aromatic heterocycles. The molecule has 1 saturated heterocycles. The van der Waals surface area contributed by atoms with E-state index in [9.17, 15) is 0 Å². The highest BCUT2D eigenvalue weighted by atomic mass is 15.3. The lowest BCUT2D eigenvalue weighted by Gasteiger charge is -2.15. The number of aromatic nitrogens is 2. The summed E-state index contributed by atoms with van der Waals surface area (Å²) >= 11 is 0. The SMILES string of the molecule is Cc1cnnc(N2CC(C)C(N)C2)c1. The molecule has 0 aliphatic carbocycles. The number of anilines is 1. The molecular weight excluding hydrogens is 176 g/mol. The average Bonchev–Trinajstić information content (AvgIpc) is 2.47. The molecule has 4 heteroatoms. The van der Waals surface area contributed by atoms with E-state index in [1.165, 1.54) is 0 Å². The van der Waals surface area contributed by atoms with Crippen LogP contribution in [0.2, 0.25) is 0 Å². The summed E-state index contributed by atoms with van der Waals surface area (Å²) in [5, 5.41) is 8.06. The molecule has 76 valence electrons. The predicted molar refractivity (Wildman–Crippen MR) is 56.1 cm³/mol. The van der Waals surface area contributed by atoms with Gasteiger partial charge in [-0.1, -0.05) is 6.92 Å². The van der Waals surface area contributed by atoms with E-state index in [4.69, 9.17) is 5.73 Å². The van der Waals surface area contributed by atoms with Gasteiger partial charge < -0.3 is 10.6 Å². The molecule has 0 bridgehead atoms. The lowest BCUT2D eigenvalue weighted by atomic mass is 10.1. The summed E-state index contributed by atoms with van der Waals surface area (Å²) in [6, 6.07) is 2.31. The summed E-state index contributed by atoms with van der Waals surface area (Å²) in [5.41, 5.74) is 7.10. The number of nitrogens with two attached hydrogens (primary N) is 1. The molecular formula is C10H16N4. The second-order valence-corrected chi connectivity index (χ2v) is 4.14. The number of nitrogens with zero attached hydrogens (tertiary/aromatic N) is 3. The second-order valence-electron chi connectivity index (χ2n) is 4.14. The van der Waals surface area contributed by atoms with Crippen molar-refractivity contribution in [2.24, 2.45) is 11.7 Å². The maximum atomic E-state index is 5.95. The Bertz CT molecular complexity index is 316. The van der Waals surface area contributed by atoms with Gasteiger partial charge >= 0.3 is 0 Å². The van der Waals surface area contributed by atoms with Crippen LogP contribution in [0, 0.1) is 12.8 Å². The standard InChI is InChI=1S/C10H16N4/c1-7-3-10(13-12-4-7)14-5-8(2)9(11)6-14/h3-4,8-9H,5-6,11H2,1-2H3. The van der Waals surface area contributed by atoms with Crippen LogP contribution < -0.4 is 10.6 Å². The molecule has 0 saturated carbocycles. The number of hydrogen-bond acceptors (Lipinski definition) is 4. The maximum absolute atomic E-state index is 5.95. The minimum atomic E-state index is 0.261. The van der Waals surface area contributed by atoms with E-state index in [1.54, 1.807) is 6.20 Å². The van der Waals surface area contributed by atoms with Gasteiger partial charge in [-0.25, -0.2) is 0 Å². The minimum absolute atomic E-state index is 0.261. The summed E-state index contributed by atoms with van der Waals surface area (Å²) in [6.07, 6.45) is 1.77. The first-order valence-electron chi connectivity index (χ1n) is 4.96. The van der Waals surface area contributed by atoms with Gasteiger partial charge in [0.1, 0.15) is 0 Å². The summed E-state index contributed by atoms with van der Waals surface area (Å²) < 4.78 is 0. The highest BCUT2D eigenvalue weighted by molar-refractivity contribution is 5.41. The fourth-order valence-corrected chi connectivity index (χ4v) is 1.78. The van der Waals surface area contributed by atoms with Crippen LogP contribution in [0.3, 0.4) is 0 Å². The van der Waals surface area contributed by atoms with Crippen LogP contribution in [-0.4, -0.2) is 29.3 Å². The normalized spacial score (nSPS) is 26.9. The molecule has 2 heterocycles. The minimum Gasteiger partial charge on any atom is -0.353 e. The van der Waals surface area contributed by atoms with Crippen molar-refractivity contribution in [3.05, 3.63) is 17.8 Å². The second kappa shape index (κ2) is 3.53. The molecule has 0 amide bonds. The van der Waals surface area contributed by atoms with Crippen LogP contribution >= 0.6 is 0 Å². The zero-order valence-electron chi connectivity index (χ0n) is 8.64. The smallest absolute Gasteiger partial charge is 0.151 e. The summed E-state index contributed by atoms with van der Waals surface area (Å²) in [5.74, 6) is 1.49. The van der Waals surface area contributed by atoms with Gasteiger partial charge in [-0.2, -0.15) is 5.10 Å². The van der Waals surface area contributed by atoms with E-state index in [0.29, 0.717) is 5.92 Å². The first-order chi connectivity index (χ1) is 6.66. The van der Waals surface area contributed by atoms with E-state index in [0.717, 1.165) is 24.5 Å². The largest absolute Gasteiger partial charge is 0.353 e. The van der Waals surface area contributed by atoms with E-state index in [-0.39, 0.29) is 6.04 Å². The zero-order chi connectivity index (χ0) is 10.1. The van der Waals surface area contributed by atoms with Crippen molar-refractivity contribution in [2.45, 2.75) is 19.9 Å². The third-order valence-electron chi connectivity index (χ3n) is 2.77. The van der Waals surface area contributed by atoms with Gasteiger partial charge in [0, 0.05) is 19.1 Å². The molecule has 1 aromatic rings. The van der Waals surface area contributed by atoms with Crippen molar-refractivity contribution < 1.29 is 0 Å². The fourth-order valence-electron chi connectivity index (χ4n) is 1.78. The molecule has 2 N–H and O–H groups in total. The molecule has 2 rings (SSSR count). The monoisotopic (exact) mass is 192 g/mol. The van der Waals surface area contributed by atoms with Gasteiger partial charge in [-0.05, 0) is 24.5 Å². The number of rotatable bonds is 1. The third kappa shape index (κ3) is 1.70. The van der Waals surface area contributed by atoms with Crippen molar-refractivity contribution in [3.8, 4) is 0 Å². The van der Waals surface area contributed by atoms with Gasteiger partial charge in [0.2, 0.25) is 0 Å². The molecule has 1 fully saturated rings. The van der Waals surface area contributed by atoms with Gasteiger partial charge in [0.05, 0.1) is 6.20 Å². The molecule has 0 aromatic carbocycles. The van der Waals surface area contributed by atoms with E-state index >= 15 is 0 Å². The Hall–Kier alpha value is -1.16. The summed E-state index contributed by atoms with van der Waals surface area (Å²) in [6.45, 7) is 6.07. The van der Waals surface area contributed by atoms with Crippen LogP contribution in [0.1, 0.15) is 12.5 Å². The van der Waals surface area contributed by atoms with Crippen molar-refractivity contribution in [2.75, 3.05) is 18.0 Å². The van der Waals surface area contributed by atoms with Gasteiger partial charge in [0.25, 0.3) is 0 Å². The highest BCUT2D eigenvalue weighted by Gasteiger charge is 2.27. The van der Waals surface area contributed by atoms with Crippen LogP contribution in [0.5, 0.6) is 0 Å². The van der Waals surface area contributed by atoms with Gasteiger partial charge in [0.15, 0.2) is 5.82 Å². The Morgan fingerprint density at radius 1 is 1.50 bits per heavy atom. The van der Waals surface area contributed by atoms with Crippen molar-refractivity contribution in [3.63, 3.8) is 0 Å². The molecule has 0 radical (unpaired) electrons. The van der Waals surface area contributed by atoms with Crippen LogP contribution in [0.25, 0.3) is 0 Å². The Labute approximate surface area is 84.1 Å². The van der Waals surface area contributed by atoms with Crippen LogP contribution in [0.4, 0.5) is 5.82 Å². The van der Waals surface area contributed by atoms with E-state index in [1.807, 2.05) is 6.92 Å². The zero-order valence-corrected chi connectivity index (χ0v) is 8.64. The lowest BCUT2D eigenvalue weighted by Crippen LogP contribution is -2.28. The Kier molecular flexibility index (Phi) is 2.37. The van der Waals surface area contributed by atoms with Crippen LogP contribution in [-0.2, 0) is 0 Å². The van der Waals surface area contributed by atoms with Crippen molar-refractivity contribution in [1.29, 1.82) is 0 Å². The highest BCUT2D eigenvalue weighted by Crippen LogP contribution is 2.20. The molecule has 2 unspecified atom stereocenters. The maximum Gasteiger partial charge on any atom is 0.151 e. The molecule has 2 atom stereocenters. The number of hydrogen-bond donors (Lipinski definition) is 1. The Morgan fingerprint density at radius 3 is 2.86 bits per heavy atom. The Balaban J connectivity index is 2.17. The Morgan fingerprint density at radius 2 is 2.29 bits per heavy atom. The molecule has 0 spiro atoms. The fraction of sp³-hybridized carbons (Fsp3) is 0.600.